The van der Waals surface area contributed by atoms with Crippen LogP contribution in [0.5, 0.6) is 0 Å². The largest absolute Gasteiger partial charge is 0.399 e. The Morgan fingerprint density at radius 2 is 1.90 bits per heavy atom. The van der Waals surface area contributed by atoms with Crippen molar-refractivity contribution in [2.75, 3.05) is 11.1 Å². The van der Waals surface area contributed by atoms with E-state index in [1.165, 1.54) is 6.07 Å². The fourth-order valence-corrected chi connectivity index (χ4v) is 2.31. The number of hydrogen-bond donors (Lipinski definition) is 2. The predicted octanol–water partition coefficient (Wildman–Crippen LogP) is 4.04. The van der Waals surface area contributed by atoms with Crippen LogP contribution in [0, 0.1) is 19.7 Å². The molecule has 0 unspecified atom stereocenters. The summed E-state index contributed by atoms with van der Waals surface area (Å²) >= 11 is 3.11. The van der Waals surface area contributed by atoms with E-state index in [0.717, 1.165) is 11.1 Å². The third-order valence-corrected chi connectivity index (χ3v) is 3.63. The monoisotopic (exact) mass is 336 g/mol. The second kappa shape index (κ2) is 5.63. The molecule has 2 aromatic rings. The van der Waals surface area contributed by atoms with Gasteiger partial charge in [0.25, 0.3) is 5.91 Å². The van der Waals surface area contributed by atoms with Crippen LogP contribution < -0.4 is 11.1 Å². The van der Waals surface area contributed by atoms with E-state index in [4.69, 9.17) is 5.73 Å². The number of aryl methyl sites for hydroxylation is 2. The Morgan fingerprint density at radius 1 is 1.20 bits per heavy atom. The first-order valence-electron chi connectivity index (χ1n) is 6.01. The molecule has 2 rings (SSSR count). The number of carbonyl (C=O) groups is 1. The minimum Gasteiger partial charge on any atom is -0.399 e. The third-order valence-electron chi connectivity index (χ3n) is 3.02. The van der Waals surface area contributed by atoms with Gasteiger partial charge in [-0.1, -0.05) is 6.07 Å². The van der Waals surface area contributed by atoms with Gasteiger partial charge in [0.1, 0.15) is 5.82 Å². The summed E-state index contributed by atoms with van der Waals surface area (Å²) in [5, 5.41) is 2.71. The average Bonchev–Trinajstić information content (AvgIpc) is 2.38. The van der Waals surface area contributed by atoms with Crippen molar-refractivity contribution < 1.29 is 9.18 Å². The minimum atomic E-state index is -0.421. The Bertz CT molecular complexity index is 686. The number of amides is 1. The normalized spacial score (nSPS) is 10.4. The van der Waals surface area contributed by atoms with E-state index in [9.17, 15) is 9.18 Å². The average molecular weight is 337 g/mol. The standard InChI is InChI=1S/C15H14BrFN2O/c1-8-3-4-10(18)6-11(8)15(20)19-14-7-13(17)12(16)5-9(14)2/h3-7H,18H2,1-2H3,(H,19,20). The second-order valence-corrected chi connectivity index (χ2v) is 5.46. The predicted molar refractivity (Wildman–Crippen MR) is 82.4 cm³/mol. The molecule has 0 saturated carbocycles. The first kappa shape index (κ1) is 14.5. The summed E-state index contributed by atoms with van der Waals surface area (Å²) in [4.78, 5) is 12.2. The fraction of sp³-hybridized carbons (Fsp3) is 0.133. The van der Waals surface area contributed by atoms with Gasteiger partial charge in [0, 0.05) is 16.9 Å². The Morgan fingerprint density at radius 3 is 2.60 bits per heavy atom. The van der Waals surface area contributed by atoms with Gasteiger partial charge in [-0.15, -0.1) is 0 Å². The van der Waals surface area contributed by atoms with Gasteiger partial charge < -0.3 is 11.1 Å². The van der Waals surface area contributed by atoms with Crippen LogP contribution in [-0.2, 0) is 0 Å². The van der Waals surface area contributed by atoms with E-state index < -0.39 is 5.82 Å². The van der Waals surface area contributed by atoms with Gasteiger partial charge in [-0.05, 0) is 65.2 Å². The molecule has 0 atom stereocenters. The smallest absolute Gasteiger partial charge is 0.256 e. The molecule has 1 amide bonds. The van der Waals surface area contributed by atoms with Gasteiger partial charge >= 0.3 is 0 Å². The lowest BCUT2D eigenvalue weighted by molar-refractivity contribution is 0.102. The number of benzene rings is 2. The summed E-state index contributed by atoms with van der Waals surface area (Å²) in [6, 6.07) is 8.03. The van der Waals surface area contributed by atoms with Gasteiger partial charge in [-0.2, -0.15) is 0 Å². The number of nitrogens with one attached hydrogen (secondary N) is 1. The highest BCUT2D eigenvalue weighted by atomic mass is 79.9. The maximum absolute atomic E-state index is 13.5. The molecule has 0 heterocycles. The lowest BCUT2D eigenvalue weighted by atomic mass is 10.1. The molecule has 0 fully saturated rings. The van der Waals surface area contributed by atoms with Gasteiger partial charge in [-0.25, -0.2) is 4.39 Å². The topological polar surface area (TPSA) is 55.1 Å². The fourth-order valence-electron chi connectivity index (χ4n) is 1.85. The van der Waals surface area contributed by atoms with Gasteiger partial charge in [0.2, 0.25) is 0 Å². The van der Waals surface area contributed by atoms with E-state index in [1.807, 2.05) is 6.92 Å². The second-order valence-electron chi connectivity index (χ2n) is 4.61. The molecule has 0 aliphatic heterocycles. The SMILES string of the molecule is Cc1cc(Br)c(F)cc1NC(=O)c1cc(N)ccc1C. The Kier molecular flexibility index (Phi) is 4.09. The first-order valence-corrected chi connectivity index (χ1v) is 6.81. The van der Waals surface area contributed by atoms with Crippen molar-refractivity contribution in [2.24, 2.45) is 0 Å². The van der Waals surface area contributed by atoms with E-state index >= 15 is 0 Å². The molecule has 2 aromatic carbocycles. The number of carbonyl (C=O) groups excluding carboxylic acids is 1. The van der Waals surface area contributed by atoms with Crippen molar-refractivity contribution in [1.82, 2.24) is 0 Å². The number of nitrogens with two attached hydrogens (primary N) is 1. The van der Waals surface area contributed by atoms with Gasteiger partial charge in [0.15, 0.2) is 0 Å². The van der Waals surface area contributed by atoms with Crippen LogP contribution in [-0.4, -0.2) is 5.91 Å². The molecular weight excluding hydrogens is 323 g/mol. The van der Waals surface area contributed by atoms with Crippen molar-refractivity contribution in [3.63, 3.8) is 0 Å². The van der Waals surface area contributed by atoms with Crippen molar-refractivity contribution in [2.45, 2.75) is 13.8 Å². The van der Waals surface area contributed by atoms with Gasteiger partial charge in [-0.3, -0.25) is 4.79 Å². The van der Waals surface area contributed by atoms with Crippen LogP contribution in [0.1, 0.15) is 21.5 Å². The van der Waals surface area contributed by atoms with Crippen molar-refractivity contribution in [3.05, 3.63) is 57.3 Å². The van der Waals surface area contributed by atoms with E-state index in [1.54, 1.807) is 31.2 Å². The molecule has 0 bridgehead atoms. The first-order chi connectivity index (χ1) is 9.38. The molecule has 20 heavy (non-hydrogen) atoms. The summed E-state index contributed by atoms with van der Waals surface area (Å²) in [6.07, 6.45) is 0. The maximum Gasteiger partial charge on any atom is 0.256 e. The number of halogens is 2. The van der Waals surface area contributed by atoms with Crippen LogP contribution in [0.15, 0.2) is 34.8 Å². The van der Waals surface area contributed by atoms with Crippen LogP contribution in [0.2, 0.25) is 0 Å². The number of nitrogen functional groups attached to an aromatic ring is 1. The van der Waals surface area contributed by atoms with E-state index in [-0.39, 0.29) is 5.91 Å². The highest BCUT2D eigenvalue weighted by molar-refractivity contribution is 9.10. The Balaban J connectivity index is 2.32. The summed E-state index contributed by atoms with van der Waals surface area (Å²) in [5.41, 5.74) is 8.70. The molecule has 0 radical (unpaired) electrons. The molecule has 0 spiro atoms. The Labute approximate surface area is 125 Å². The quantitative estimate of drug-likeness (QED) is 0.813. The number of rotatable bonds is 2. The molecule has 0 aliphatic rings. The zero-order valence-corrected chi connectivity index (χ0v) is 12.7. The number of hydrogen-bond acceptors (Lipinski definition) is 2. The van der Waals surface area contributed by atoms with Crippen LogP contribution in [0.3, 0.4) is 0 Å². The van der Waals surface area contributed by atoms with Gasteiger partial charge in [0.05, 0.1) is 4.47 Å². The molecule has 0 aromatic heterocycles. The van der Waals surface area contributed by atoms with E-state index in [0.29, 0.717) is 21.4 Å². The Hall–Kier alpha value is -1.88. The highest BCUT2D eigenvalue weighted by Gasteiger charge is 2.12. The summed E-state index contributed by atoms with van der Waals surface area (Å²) < 4.78 is 13.9. The summed E-state index contributed by atoms with van der Waals surface area (Å²) in [6.45, 7) is 3.62. The molecule has 5 heteroatoms. The molecule has 3 nitrogen and oxygen atoms in total. The maximum atomic E-state index is 13.5. The van der Waals surface area contributed by atoms with E-state index in [2.05, 4.69) is 21.2 Å². The molecule has 0 aliphatic carbocycles. The lowest BCUT2D eigenvalue weighted by Gasteiger charge is -2.11. The summed E-state index contributed by atoms with van der Waals surface area (Å²) in [7, 11) is 0. The highest BCUT2D eigenvalue weighted by Crippen LogP contribution is 2.25. The zero-order chi connectivity index (χ0) is 14.9. The zero-order valence-electron chi connectivity index (χ0n) is 11.1. The van der Waals surface area contributed by atoms with Crippen LogP contribution in [0.25, 0.3) is 0 Å². The van der Waals surface area contributed by atoms with Crippen molar-refractivity contribution in [3.8, 4) is 0 Å². The third kappa shape index (κ3) is 2.99. The van der Waals surface area contributed by atoms with Crippen molar-refractivity contribution in [1.29, 1.82) is 0 Å². The lowest BCUT2D eigenvalue weighted by Crippen LogP contribution is -2.14. The minimum absolute atomic E-state index is 0.306. The summed E-state index contributed by atoms with van der Waals surface area (Å²) in [5.74, 6) is -0.727. The number of anilines is 2. The molecule has 0 saturated heterocycles. The van der Waals surface area contributed by atoms with Crippen molar-refractivity contribution >= 4 is 33.2 Å². The van der Waals surface area contributed by atoms with Crippen LogP contribution >= 0.6 is 15.9 Å². The van der Waals surface area contributed by atoms with Crippen LogP contribution in [0.4, 0.5) is 15.8 Å². The molecule has 3 N–H and O–H groups in total. The molecular formula is C15H14BrFN2O. The molecule has 104 valence electrons.